The molecular weight excluding hydrogens is 214 g/mol. The van der Waals surface area contributed by atoms with Crippen LogP contribution in [0, 0.1) is 23.3 Å². The van der Waals surface area contributed by atoms with E-state index in [1.54, 1.807) is 0 Å². The zero-order valence-corrected chi connectivity index (χ0v) is 7.40. The molecule has 0 fully saturated rings. The van der Waals surface area contributed by atoms with Gasteiger partial charge in [-0.05, 0) is 6.07 Å². The molecule has 1 aromatic carbocycles. The third-order valence-electron chi connectivity index (χ3n) is 1.61. The molecule has 0 aliphatic heterocycles. The van der Waals surface area contributed by atoms with Crippen molar-refractivity contribution in [3.8, 4) is 0 Å². The first kappa shape index (κ1) is 11.3. The quantitative estimate of drug-likeness (QED) is 0.257. The third-order valence-corrected chi connectivity index (χ3v) is 1.61. The highest BCUT2D eigenvalue weighted by Gasteiger charge is 2.18. The molecule has 3 nitrogen and oxygen atoms in total. The summed E-state index contributed by atoms with van der Waals surface area (Å²) in [4.78, 5) is 3.34. The summed E-state index contributed by atoms with van der Waals surface area (Å²) >= 11 is 0. The minimum Gasteiger partial charge on any atom is -0.370 e. The summed E-state index contributed by atoms with van der Waals surface area (Å²) in [5, 5.41) is 0. The normalized spacial score (nSPS) is 10.1. The van der Waals surface area contributed by atoms with Gasteiger partial charge in [0.25, 0.3) is 0 Å². The lowest BCUT2D eigenvalue weighted by molar-refractivity contribution is 0.404. The lowest BCUT2D eigenvalue weighted by atomic mass is 10.2. The summed E-state index contributed by atoms with van der Waals surface area (Å²) in [6.07, 6.45) is 0. The van der Waals surface area contributed by atoms with Crippen LogP contribution in [0.3, 0.4) is 0 Å². The Morgan fingerprint density at radius 2 is 1.67 bits per heavy atom. The molecule has 0 saturated heterocycles. The van der Waals surface area contributed by atoms with Crippen LogP contribution in [0.4, 0.5) is 17.6 Å². The topological polar surface area (TPSA) is 64.4 Å². The van der Waals surface area contributed by atoms with Gasteiger partial charge in [0.05, 0.1) is 6.54 Å². The summed E-state index contributed by atoms with van der Waals surface area (Å²) < 4.78 is 50.8. The van der Waals surface area contributed by atoms with Crippen molar-refractivity contribution in [2.24, 2.45) is 16.5 Å². The second kappa shape index (κ2) is 4.16. The van der Waals surface area contributed by atoms with Crippen LogP contribution in [-0.4, -0.2) is 5.96 Å². The van der Waals surface area contributed by atoms with Crippen molar-refractivity contribution in [1.82, 2.24) is 0 Å². The van der Waals surface area contributed by atoms with Crippen molar-refractivity contribution in [3.05, 3.63) is 34.9 Å². The van der Waals surface area contributed by atoms with E-state index in [9.17, 15) is 17.6 Å². The minimum atomic E-state index is -1.88. The van der Waals surface area contributed by atoms with Crippen LogP contribution in [-0.2, 0) is 6.54 Å². The van der Waals surface area contributed by atoms with Gasteiger partial charge >= 0.3 is 0 Å². The Morgan fingerprint density at radius 1 is 1.07 bits per heavy atom. The predicted molar refractivity (Wildman–Crippen MR) is 45.8 cm³/mol. The molecule has 0 aliphatic carbocycles. The Morgan fingerprint density at radius 3 is 2.20 bits per heavy atom. The maximum atomic E-state index is 13.0. The van der Waals surface area contributed by atoms with E-state index >= 15 is 0 Å². The highest BCUT2D eigenvalue weighted by atomic mass is 19.2. The first-order valence-electron chi connectivity index (χ1n) is 3.80. The van der Waals surface area contributed by atoms with Crippen LogP contribution in [0.5, 0.6) is 0 Å². The Balaban J connectivity index is 3.15. The van der Waals surface area contributed by atoms with Gasteiger partial charge in [-0.3, -0.25) is 0 Å². The minimum absolute atomic E-state index is 0.362. The maximum absolute atomic E-state index is 13.0. The monoisotopic (exact) mass is 221 g/mol. The van der Waals surface area contributed by atoms with E-state index in [4.69, 9.17) is 11.5 Å². The molecule has 0 bridgehead atoms. The molecule has 82 valence electrons. The molecule has 0 heterocycles. The summed E-state index contributed by atoms with van der Waals surface area (Å²) in [6.45, 7) is -0.456. The standard InChI is InChI=1S/C8H7F4N3/c9-4-1-3(2-15-8(13)14)5(10)7(12)6(4)11/h1H,2H2,(H4,13,14,15). The van der Waals surface area contributed by atoms with Gasteiger partial charge in [-0.25, -0.2) is 22.6 Å². The molecule has 0 unspecified atom stereocenters. The summed E-state index contributed by atoms with van der Waals surface area (Å²) in [7, 11) is 0. The zero-order chi connectivity index (χ0) is 11.6. The largest absolute Gasteiger partial charge is 0.370 e. The van der Waals surface area contributed by atoms with Gasteiger partial charge in [0.2, 0.25) is 0 Å². The number of benzene rings is 1. The number of hydrogen-bond donors (Lipinski definition) is 2. The van der Waals surface area contributed by atoms with E-state index < -0.39 is 35.4 Å². The molecule has 1 aromatic rings. The molecule has 15 heavy (non-hydrogen) atoms. The van der Waals surface area contributed by atoms with Crippen molar-refractivity contribution in [2.75, 3.05) is 0 Å². The molecule has 4 N–H and O–H groups in total. The van der Waals surface area contributed by atoms with Gasteiger partial charge in [0, 0.05) is 5.56 Å². The van der Waals surface area contributed by atoms with E-state index in [1.807, 2.05) is 0 Å². The average molecular weight is 221 g/mol. The first-order valence-corrected chi connectivity index (χ1v) is 3.80. The summed E-state index contributed by atoms with van der Waals surface area (Å²) in [6, 6.07) is 0.500. The Hall–Kier alpha value is -1.79. The number of nitrogens with zero attached hydrogens (tertiary/aromatic N) is 1. The van der Waals surface area contributed by atoms with Crippen molar-refractivity contribution in [2.45, 2.75) is 6.54 Å². The van der Waals surface area contributed by atoms with Gasteiger partial charge in [-0.15, -0.1) is 0 Å². The van der Waals surface area contributed by atoms with E-state index in [-0.39, 0.29) is 5.96 Å². The number of hydrogen-bond acceptors (Lipinski definition) is 1. The van der Waals surface area contributed by atoms with Crippen molar-refractivity contribution >= 4 is 5.96 Å². The third kappa shape index (κ3) is 2.36. The highest BCUT2D eigenvalue weighted by molar-refractivity contribution is 5.75. The van der Waals surface area contributed by atoms with Crippen molar-refractivity contribution in [3.63, 3.8) is 0 Å². The smallest absolute Gasteiger partial charge is 0.197 e. The molecule has 0 radical (unpaired) electrons. The molecule has 0 spiro atoms. The lowest BCUT2D eigenvalue weighted by Crippen LogP contribution is -2.22. The maximum Gasteiger partial charge on any atom is 0.197 e. The number of rotatable bonds is 2. The number of aliphatic imine (C=N–C) groups is 1. The predicted octanol–water partition coefficient (Wildman–Crippen LogP) is 1.02. The molecular formula is C8H7F4N3. The number of halogens is 4. The fourth-order valence-corrected chi connectivity index (χ4v) is 0.913. The molecule has 0 atom stereocenters. The summed E-state index contributed by atoms with van der Waals surface area (Å²) in [5.41, 5.74) is 9.42. The van der Waals surface area contributed by atoms with E-state index in [2.05, 4.69) is 4.99 Å². The molecule has 0 aromatic heterocycles. The highest BCUT2D eigenvalue weighted by Crippen LogP contribution is 2.19. The van der Waals surface area contributed by atoms with Crippen LogP contribution >= 0.6 is 0 Å². The zero-order valence-electron chi connectivity index (χ0n) is 7.40. The van der Waals surface area contributed by atoms with Crippen LogP contribution in [0.1, 0.15) is 5.56 Å². The second-order valence-electron chi connectivity index (χ2n) is 2.70. The molecule has 1 rings (SSSR count). The van der Waals surface area contributed by atoms with Crippen molar-refractivity contribution < 1.29 is 17.6 Å². The molecule has 0 amide bonds. The van der Waals surface area contributed by atoms with Gasteiger partial charge in [-0.2, -0.15) is 0 Å². The Labute approximate surface area is 82.4 Å². The number of guanidine groups is 1. The lowest BCUT2D eigenvalue weighted by Gasteiger charge is -2.03. The fourth-order valence-electron chi connectivity index (χ4n) is 0.913. The second-order valence-corrected chi connectivity index (χ2v) is 2.70. The van der Waals surface area contributed by atoms with Crippen molar-refractivity contribution in [1.29, 1.82) is 0 Å². The van der Waals surface area contributed by atoms with E-state index in [0.717, 1.165) is 0 Å². The molecule has 0 aliphatic rings. The van der Waals surface area contributed by atoms with Gasteiger partial charge in [0.1, 0.15) is 0 Å². The van der Waals surface area contributed by atoms with Crippen LogP contribution in [0.25, 0.3) is 0 Å². The van der Waals surface area contributed by atoms with Gasteiger partial charge in [-0.1, -0.05) is 0 Å². The van der Waals surface area contributed by atoms with Gasteiger partial charge < -0.3 is 11.5 Å². The fraction of sp³-hybridized carbons (Fsp3) is 0.125. The molecule has 0 saturated carbocycles. The van der Waals surface area contributed by atoms with Crippen LogP contribution in [0.2, 0.25) is 0 Å². The van der Waals surface area contributed by atoms with Crippen LogP contribution < -0.4 is 11.5 Å². The molecule has 7 heteroatoms. The first-order chi connectivity index (χ1) is 6.93. The van der Waals surface area contributed by atoms with E-state index in [0.29, 0.717) is 6.07 Å². The average Bonchev–Trinajstić information content (AvgIpc) is 2.18. The SMILES string of the molecule is NC(N)=NCc1cc(F)c(F)c(F)c1F. The Kier molecular flexibility index (Phi) is 3.13. The van der Waals surface area contributed by atoms with Gasteiger partial charge in [0.15, 0.2) is 29.2 Å². The van der Waals surface area contributed by atoms with Crippen LogP contribution in [0.15, 0.2) is 11.1 Å². The number of nitrogens with two attached hydrogens (primary N) is 2. The Bertz CT molecular complexity index is 413. The summed E-state index contributed by atoms with van der Waals surface area (Å²) in [5.74, 6) is -7.09. The van der Waals surface area contributed by atoms with E-state index in [1.165, 1.54) is 0 Å².